The van der Waals surface area contributed by atoms with Crippen LogP contribution in [0.2, 0.25) is 0 Å². The van der Waals surface area contributed by atoms with Gasteiger partial charge in [0.25, 0.3) is 11.8 Å². The Bertz CT molecular complexity index is 1210. The second-order valence-corrected chi connectivity index (χ2v) is 6.91. The summed E-state index contributed by atoms with van der Waals surface area (Å²) in [6, 6.07) is 5.54. The Labute approximate surface area is 164 Å². The molecule has 2 aliphatic rings. The molecule has 5 heterocycles. The summed E-state index contributed by atoms with van der Waals surface area (Å²) in [5.41, 5.74) is 0.248. The Morgan fingerprint density at radius 3 is 3.07 bits per heavy atom. The first-order valence-corrected chi connectivity index (χ1v) is 9.13. The summed E-state index contributed by atoms with van der Waals surface area (Å²) in [7, 11) is 0. The van der Waals surface area contributed by atoms with E-state index in [0.717, 1.165) is 11.3 Å². The molecule has 0 saturated carbocycles. The Morgan fingerprint density at radius 1 is 1.34 bits per heavy atom. The number of hydrogen-bond acceptors (Lipinski definition) is 6. The SMILES string of the molecule is O=C(NCc1cnc2ccccn12)c1cn2c(c(O)c1=O)C(=O)N1CCOC1C2. The van der Waals surface area contributed by atoms with Crippen LogP contribution < -0.4 is 10.7 Å². The molecule has 0 radical (unpaired) electrons. The number of rotatable bonds is 3. The lowest BCUT2D eigenvalue weighted by atomic mass is 10.1. The van der Waals surface area contributed by atoms with Gasteiger partial charge in [0.05, 0.1) is 31.6 Å². The van der Waals surface area contributed by atoms with Crippen LogP contribution in [0.3, 0.4) is 0 Å². The summed E-state index contributed by atoms with van der Waals surface area (Å²) < 4.78 is 8.74. The number of ether oxygens (including phenoxy) is 1. The van der Waals surface area contributed by atoms with Gasteiger partial charge >= 0.3 is 0 Å². The van der Waals surface area contributed by atoms with E-state index in [4.69, 9.17) is 4.74 Å². The minimum absolute atomic E-state index is 0.116. The van der Waals surface area contributed by atoms with Crippen molar-refractivity contribution in [3.05, 3.63) is 64.0 Å². The normalized spacial score (nSPS) is 18.0. The van der Waals surface area contributed by atoms with Crippen molar-refractivity contribution in [2.45, 2.75) is 19.3 Å². The molecule has 0 spiro atoms. The Hall–Kier alpha value is -3.66. The molecule has 29 heavy (non-hydrogen) atoms. The summed E-state index contributed by atoms with van der Waals surface area (Å²) in [5.74, 6) is -1.84. The lowest BCUT2D eigenvalue weighted by Crippen LogP contribution is -2.46. The molecule has 0 aliphatic carbocycles. The smallest absolute Gasteiger partial charge is 0.276 e. The maximum Gasteiger partial charge on any atom is 0.276 e. The van der Waals surface area contributed by atoms with Crippen molar-refractivity contribution in [2.24, 2.45) is 0 Å². The molecule has 148 valence electrons. The van der Waals surface area contributed by atoms with Crippen LogP contribution in [0.1, 0.15) is 26.5 Å². The van der Waals surface area contributed by atoms with Gasteiger partial charge in [0.15, 0.2) is 17.7 Å². The number of hydrogen-bond donors (Lipinski definition) is 2. The third kappa shape index (κ3) is 2.68. The topological polar surface area (TPSA) is 118 Å². The molecule has 1 unspecified atom stereocenters. The Kier molecular flexibility index (Phi) is 3.88. The molecular formula is C19H17N5O5. The van der Waals surface area contributed by atoms with Crippen LogP contribution in [0, 0.1) is 0 Å². The third-order valence-electron chi connectivity index (χ3n) is 5.23. The number of aromatic nitrogens is 3. The number of aromatic hydroxyl groups is 1. The number of nitrogens with zero attached hydrogens (tertiary/aromatic N) is 4. The predicted octanol–water partition coefficient (Wildman–Crippen LogP) is -0.0563. The molecule has 3 aromatic rings. The molecule has 2 amide bonds. The fourth-order valence-corrected chi connectivity index (χ4v) is 3.77. The van der Waals surface area contributed by atoms with Gasteiger partial charge in [-0.3, -0.25) is 14.4 Å². The quantitative estimate of drug-likeness (QED) is 0.642. The zero-order valence-electron chi connectivity index (χ0n) is 15.2. The van der Waals surface area contributed by atoms with Gasteiger partial charge in [0.2, 0.25) is 5.43 Å². The van der Waals surface area contributed by atoms with Crippen molar-refractivity contribution in [2.75, 3.05) is 13.2 Å². The van der Waals surface area contributed by atoms with Gasteiger partial charge < -0.3 is 29.0 Å². The van der Waals surface area contributed by atoms with Gasteiger partial charge in [-0.25, -0.2) is 4.98 Å². The molecule has 3 aromatic heterocycles. The number of fused-ring (bicyclic) bond motifs is 3. The molecule has 10 nitrogen and oxygen atoms in total. The zero-order valence-corrected chi connectivity index (χ0v) is 15.2. The zero-order chi connectivity index (χ0) is 20.1. The monoisotopic (exact) mass is 395 g/mol. The molecule has 0 aromatic carbocycles. The van der Waals surface area contributed by atoms with Crippen molar-refractivity contribution in [1.82, 2.24) is 24.2 Å². The number of nitrogens with one attached hydrogen (secondary N) is 1. The largest absolute Gasteiger partial charge is 0.503 e. The van der Waals surface area contributed by atoms with E-state index in [-0.39, 0.29) is 24.3 Å². The molecule has 1 fully saturated rings. The van der Waals surface area contributed by atoms with E-state index in [0.29, 0.717) is 13.2 Å². The van der Waals surface area contributed by atoms with E-state index in [1.807, 2.05) is 28.8 Å². The van der Waals surface area contributed by atoms with Gasteiger partial charge in [0, 0.05) is 18.9 Å². The highest BCUT2D eigenvalue weighted by molar-refractivity contribution is 5.99. The Balaban J connectivity index is 1.44. The maximum atomic E-state index is 12.7. The van der Waals surface area contributed by atoms with Crippen molar-refractivity contribution < 1.29 is 19.4 Å². The number of pyridine rings is 2. The number of imidazole rings is 1. The van der Waals surface area contributed by atoms with Gasteiger partial charge in [-0.15, -0.1) is 0 Å². The summed E-state index contributed by atoms with van der Waals surface area (Å²) in [6.45, 7) is 1.17. The predicted molar refractivity (Wildman–Crippen MR) is 99.5 cm³/mol. The third-order valence-corrected chi connectivity index (χ3v) is 5.23. The lowest BCUT2D eigenvalue weighted by Gasteiger charge is -2.31. The van der Waals surface area contributed by atoms with Crippen LogP contribution in [0.25, 0.3) is 5.65 Å². The number of amides is 2. The molecule has 0 bridgehead atoms. The van der Waals surface area contributed by atoms with Crippen LogP contribution in [0.4, 0.5) is 0 Å². The van der Waals surface area contributed by atoms with E-state index in [9.17, 15) is 19.5 Å². The van der Waals surface area contributed by atoms with E-state index >= 15 is 0 Å². The van der Waals surface area contributed by atoms with Crippen molar-refractivity contribution >= 4 is 17.5 Å². The minimum atomic E-state index is -0.876. The summed E-state index contributed by atoms with van der Waals surface area (Å²) in [6.07, 6.45) is 4.30. The highest BCUT2D eigenvalue weighted by Gasteiger charge is 2.39. The molecule has 2 N–H and O–H groups in total. The summed E-state index contributed by atoms with van der Waals surface area (Å²) in [5, 5.41) is 13.0. The standard InChI is InChI=1S/C19H17N5O5/c25-16-12(18(27)21-8-11-7-20-13-3-1-2-4-23(11)13)9-22-10-14-24(5-6-29-14)19(28)15(22)17(16)26/h1-4,7,9,14,26H,5-6,8,10H2,(H,21,27). The van der Waals surface area contributed by atoms with Gasteiger partial charge in [-0.2, -0.15) is 0 Å². The molecule has 10 heteroatoms. The van der Waals surface area contributed by atoms with Gasteiger partial charge in [-0.1, -0.05) is 6.07 Å². The highest BCUT2D eigenvalue weighted by atomic mass is 16.5. The van der Waals surface area contributed by atoms with Crippen LogP contribution in [0.5, 0.6) is 5.75 Å². The highest BCUT2D eigenvalue weighted by Crippen LogP contribution is 2.26. The average Bonchev–Trinajstić information content (AvgIpc) is 3.36. The lowest BCUT2D eigenvalue weighted by molar-refractivity contribution is 0.00845. The first-order valence-electron chi connectivity index (χ1n) is 9.13. The first-order chi connectivity index (χ1) is 14.0. The van der Waals surface area contributed by atoms with Crippen molar-refractivity contribution in [1.29, 1.82) is 0 Å². The fraction of sp³-hybridized carbons (Fsp3) is 0.263. The summed E-state index contributed by atoms with van der Waals surface area (Å²) >= 11 is 0. The van der Waals surface area contributed by atoms with E-state index in [1.165, 1.54) is 15.7 Å². The number of carbonyl (C=O) groups is 2. The second kappa shape index (κ2) is 6.45. The maximum absolute atomic E-state index is 12.7. The fourth-order valence-electron chi connectivity index (χ4n) is 3.77. The first kappa shape index (κ1) is 17.4. The van der Waals surface area contributed by atoms with E-state index in [2.05, 4.69) is 10.3 Å². The second-order valence-electron chi connectivity index (χ2n) is 6.91. The molecular weight excluding hydrogens is 378 g/mol. The number of carbonyl (C=O) groups excluding carboxylic acids is 2. The van der Waals surface area contributed by atoms with Gasteiger partial charge in [0.1, 0.15) is 11.2 Å². The minimum Gasteiger partial charge on any atom is -0.503 e. The van der Waals surface area contributed by atoms with Crippen LogP contribution in [-0.4, -0.2) is 55.2 Å². The Morgan fingerprint density at radius 2 is 2.21 bits per heavy atom. The molecule has 1 atom stereocenters. The van der Waals surface area contributed by atoms with Crippen LogP contribution in [0.15, 0.2) is 41.6 Å². The van der Waals surface area contributed by atoms with E-state index < -0.39 is 29.2 Å². The summed E-state index contributed by atoms with van der Waals surface area (Å²) in [4.78, 5) is 43.5. The van der Waals surface area contributed by atoms with Gasteiger partial charge in [-0.05, 0) is 12.1 Å². The molecule has 5 rings (SSSR count). The van der Waals surface area contributed by atoms with E-state index in [1.54, 1.807) is 6.20 Å². The molecule has 2 aliphatic heterocycles. The van der Waals surface area contributed by atoms with Crippen LogP contribution in [-0.2, 0) is 17.8 Å². The van der Waals surface area contributed by atoms with Crippen molar-refractivity contribution in [3.63, 3.8) is 0 Å². The van der Waals surface area contributed by atoms with Crippen molar-refractivity contribution in [3.8, 4) is 5.75 Å². The average molecular weight is 395 g/mol. The molecule has 1 saturated heterocycles. The van der Waals surface area contributed by atoms with Crippen LogP contribution >= 0.6 is 0 Å².